The van der Waals surface area contributed by atoms with Crippen molar-refractivity contribution in [3.63, 3.8) is 0 Å². The van der Waals surface area contributed by atoms with Gasteiger partial charge in [0, 0.05) is 58.1 Å². The lowest BCUT2D eigenvalue weighted by Crippen LogP contribution is -2.41. The molecule has 1 aromatic heterocycles. The molecule has 0 aliphatic carbocycles. The number of aromatic nitrogens is 2. The maximum Gasteiger partial charge on any atom is 0.227 e. The molecule has 0 atom stereocenters. The molecule has 0 N–H and O–H groups in total. The molecule has 6 heteroatoms. The molecule has 2 fully saturated rings. The third kappa shape index (κ3) is 4.54. The van der Waals surface area contributed by atoms with E-state index in [9.17, 15) is 0 Å². The summed E-state index contributed by atoms with van der Waals surface area (Å²) in [4.78, 5) is 16.5. The summed E-state index contributed by atoms with van der Waals surface area (Å²) >= 11 is 0. The molecule has 0 radical (unpaired) electrons. The number of nitrogens with zero attached hydrogens (tertiary/aromatic N) is 5. The van der Waals surface area contributed by atoms with Gasteiger partial charge in [-0.05, 0) is 26.2 Å². The summed E-state index contributed by atoms with van der Waals surface area (Å²) in [6.45, 7) is 10.1. The first-order chi connectivity index (χ1) is 11.2. The lowest BCUT2D eigenvalue weighted by molar-refractivity contribution is 0.0393. The standard InChI is InChI=1S/C17H29N5O/c1-15-14-16(19-17(18-15)22-6-4-3-5-7-22)20(2)8-9-21-10-12-23-13-11-21/h14H,3-13H2,1-2H3. The third-order valence-corrected chi connectivity index (χ3v) is 4.71. The first kappa shape index (κ1) is 16.5. The van der Waals surface area contributed by atoms with E-state index in [-0.39, 0.29) is 0 Å². The Morgan fingerprint density at radius 3 is 2.57 bits per heavy atom. The summed E-state index contributed by atoms with van der Waals surface area (Å²) in [5, 5.41) is 0. The summed E-state index contributed by atoms with van der Waals surface area (Å²) in [5.41, 5.74) is 1.05. The van der Waals surface area contributed by atoms with Crippen LogP contribution >= 0.6 is 0 Å². The van der Waals surface area contributed by atoms with Crippen LogP contribution in [0.2, 0.25) is 0 Å². The first-order valence-corrected chi connectivity index (χ1v) is 8.84. The van der Waals surface area contributed by atoms with Crippen molar-refractivity contribution in [1.82, 2.24) is 14.9 Å². The molecule has 23 heavy (non-hydrogen) atoms. The highest BCUT2D eigenvalue weighted by Crippen LogP contribution is 2.20. The van der Waals surface area contributed by atoms with Gasteiger partial charge in [-0.2, -0.15) is 4.98 Å². The molecule has 2 aliphatic rings. The summed E-state index contributed by atoms with van der Waals surface area (Å²) in [7, 11) is 2.13. The Kier molecular flexibility index (Phi) is 5.67. The van der Waals surface area contributed by atoms with Gasteiger partial charge in [-0.15, -0.1) is 0 Å². The molecule has 0 saturated carbocycles. The van der Waals surface area contributed by atoms with Crippen molar-refractivity contribution in [2.24, 2.45) is 0 Å². The van der Waals surface area contributed by atoms with Gasteiger partial charge in [0.15, 0.2) is 0 Å². The van der Waals surface area contributed by atoms with Gasteiger partial charge in [0.2, 0.25) is 5.95 Å². The highest BCUT2D eigenvalue weighted by atomic mass is 16.5. The van der Waals surface area contributed by atoms with Crippen LogP contribution in [0.3, 0.4) is 0 Å². The summed E-state index contributed by atoms with van der Waals surface area (Å²) in [6.07, 6.45) is 3.83. The Morgan fingerprint density at radius 1 is 1.09 bits per heavy atom. The second-order valence-electron chi connectivity index (χ2n) is 6.59. The quantitative estimate of drug-likeness (QED) is 0.820. The Balaban J connectivity index is 1.62. The predicted octanol–water partition coefficient (Wildman–Crippen LogP) is 1.54. The van der Waals surface area contributed by atoms with Crippen LogP contribution in [-0.4, -0.2) is 74.4 Å². The van der Waals surface area contributed by atoms with Crippen LogP contribution < -0.4 is 9.80 Å². The van der Waals surface area contributed by atoms with Crippen molar-refractivity contribution in [2.75, 3.05) is 69.3 Å². The molecule has 6 nitrogen and oxygen atoms in total. The van der Waals surface area contributed by atoms with Crippen molar-refractivity contribution in [2.45, 2.75) is 26.2 Å². The topological polar surface area (TPSA) is 44.7 Å². The van der Waals surface area contributed by atoms with E-state index in [0.29, 0.717) is 0 Å². The van der Waals surface area contributed by atoms with Gasteiger partial charge in [-0.1, -0.05) is 0 Å². The van der Waals surface area contributed by atoms with Crippen LogP contribution in [0.15, 0.2) is 6.07 Å². The number of morpholine rings is 1. The number of piperidine rings is 1. The van der Waals surface area contributed by atoms with Crippen LogP contribution in [0.4, 0.5) is 11.8 Å². The van der Waals surface area contributed by atoms with E-state index in [2.05, 4.69) is 39.7 Å². The molecule has 0 unspecified atom stereocenters. The lowest BCUT2D eigenvalue weighted by atomic mass is 10.1. The fraction of sp³-hybridized carbons (Fsp3) is 0.765. The van der Waals surface area contributed by atoms with Crippen LogP contribution in [0, 0.1) is 6.92 Å². The minimum absolute atomic E-state index is 0.857. The number of hydrogen-bond acceptors (Lipinski definition) is 6. The van der Waals surface area contributed by atoms with Gasteiger partial charge < -0.3 is 14.5 Å². The number of likely N-dealkylation sites (N-methyl/N-ethyl adjacent to an activating group) is 1. The van der Waals surface area contributed by atoms with E-state index in [1.54, 1.807) is 0 Å². The smallest absolute Gasteiger partial charge is 0.227 e. The minimum atomic E-state index is 0.857. The SMILES string of the molecule is Cc1cc(N(C)CCN2CCOCC2)nc(N2CCCCC2)n1. The summed E-state index contributed by atoms with van der Waals surface area (Å²) < 4.78 is 5.41. The van der Waals surface area contributed by atoms with Crippen molar-refractivity contribution < 1.29 is 4.74 Å². The number of rotatable bonds is 5. The summed E-state index contributed by atoms with van der Waals surface area (Å²) in [5.74, 6) is 1.93. The number of ether oxygens (including phenoxy) is 1. The average Bonchev–Trinajstić information content (AvgIpc) is 2.61. The highest BCUT2D eigenvalue weighted by molar-refractivity contribution is 5.45. The molecule has 0 bridgehead atoms. The zero-order chi connectivity index (χ0) is 16.1. The fourth-order valence-corrected chi connectivity index (χ4v) is 3.20. The van der Waals surface area contributed by atoms with Gasteiger partial charge in [-0.25, -0.2) is 4.98 Å². The molecule has 2 aliphatic heterocycles. The highest BCUT2D eigenvalue weighted by Gasteiger charge is 2.16. The molecule has 0 spiro atoms. The van der Waals surface area contributed by atoms with Gasteiger partial charge >= 0.3 is 0 Å². The number of anilines is 2. The van der Waals surface area contributed by atoms with Gasteiger partial charge in [0.05, 0.1) is 13.2 Å². The number of hydrogen-bond donors (Lipinski definition) is 0. The molecule has 2 saturated heterocycles. The van der Waals surface area contributed by atoms with E-state index < -0.39 is 0 Å². The second kappa shape index (κ2) is 7.93. The Morgan fingerprint density at radius 2 is 1.83 bits per heavy atom. The Hall–Kier alpha value is -1.40. The normalized spacial score (nSPS) is 19.8. The molecule has 0 aromatic carbocycles. The monoisotopic (exact) mass is 319 g/mol. The summed E-state index contributed by atoms with van der Waals surface area (Å²) in [6, 6.07) is 2.09. The van der Waals surface area contributed by atoms with Crippen LogP contribution in [-0.2, 0) is 4.74 Å². The minimum Gasteiger partial charge on any atom is -0.379 e. The van der Waals surface area contributed by atoms with Crippen molar-refractivity contribution >= 4 is 11.8 Å². The number of aryl methyl sites for hydroxylation is 1. The zero-order valence-electron chi connectivity index (χ0n) is 14.5. The molecule has 128 valence electrons. The fourth-order valence-electron chi connectivity index (χ4n) is 3.20. The molecular formula is C17H29N5O. The molecule has 3 heterocycles. The van der Waals surface area contributed by atoms with Gasteiger partial charge in [0.25, 0.3) is 0 Å². The van der Waals surface area contributed by atoms with E-state index in [0.717, 1.165) is 69.9 Å². The lowest BCUT2D eigenvalue weighted by Gasteiger charge is -2.30. The van der Waals surface area contributed by atoms with E-state index >= 15 is 0 Å². The van der Waals surface area contributed by atoms with Crippen LogP contribution in [0.5, 0.6) is 0 Å². The molecule has 0 amide bonds. The predicted molar refractivity (Wildman–Crippen MR) is 93.4 cm³/mol. The van der Waals surface area contributed by atoms with Crippen molar-refractivity contribution in [1.29, 1.82) is 0 Å². The van der Waals surface area contributed by atoms with Crippen molar-refractivity contribution in [3.05, 3.63) is 11.8 Å². The first-order valence-electron chi connectivity index (χ1n) is 8.84. The molecule has 1 aromatic rings. The van der Waals surface area contributed by atoms with Crippen molar-refractivity contribution in [3.8, 4) is 0 Å². The van der Waals surface area contributed by atoms with E-state index in [4.69, 9.17) is 9.72 Å². The molecule has 3 rings (SSSR count). The van der Waals surface area contributed by atoms with Gasteiger partial charge in [0.1, 0.15) is 5.82 Å². The van der Waals surface area contributed by atoms with Gasteiger partial charge in [-0.3, -0.25) is 4.90 Å². The van der Waals surface area contributed by atoms with Crippen LogP contribution in [0.1, 0.15) is 25.0 Å². The maximum atomic E-state index is 5.41. The third-order valence-electron chi connectivity index (χ3n) is 4.71. The zero-order valence-corrected chi connectivity index (χ0v) is 14.5. The second-order valence-corrected chi connectivity index (χ2v) is 6.59. The van der Waals surface area contributed by atoms with E-state index in [1.807, 2.05) is 0 Å². The average molecular weight is 319 g/mol. The largest absolute Gasteiger partial charge is 0.379 e. The molecular weight excluding hydrogens is 290 g/mol. The Bertz CT molecular complexity index is 498. The Labute approximate surface area is 139 Å². The van der Waals surface area contributed by atoms with Crippen LogP contribution in [0.25, 0.3) is 0 Å². The maximum absolute atomic E-state index is 5.41. The van der Waals surface area contributed by atoms with E-state index in [1.165, 1.54) is 19.3 Å².